The maximum atomic E-state index is 11.5. The maximum absolute atomic E-state index is 11.5. The largest absolute Gasteiger partial charge is 0.453 e. The molecule has 1 rings (SSSR count). The standard InChI is InChI=1S/C15H22N2O3/c1-13(18)17(12-10-16-15(19)20-2)11-6-9-14-7-4-3-5-8-14/h3-5,7-8H,6,9-12H2,1-2H3,(H,16,19). The number of nitrogens with one attached hydrogen (secondary N) is 1. The van der Waals surface area contributed by atoms with Gasteiger partial charge in [0.1, 0.15) is 0 Å². The first-order valence-corrected chi connectivity index (χ1v) is 6.74. The Balaban J connectivity index is 2.28. The number of ether oxygens (including phenoxy) is 1. The van der Waals surface area contributed by atoms with E-state index in [-0.39, 0.29) is 5.91 Å². The van der Waals surface area contributed by atoms with Gasteiger partial charge in [0.15, 0.2) is 0 Å². The average Bonchev–Trinajstić information content (AvgIpc) is 2.46. The van der Waals surface area contributed by atoms with Crippen molar-refractivity contribution >= 4 is 12.0 Å². The number of hydrogen-bond donors (Lipinski definition) is 1. The summed E-state index contributed by atoms with van der Waals surface area (Å²) in [5.74, 6) is 0.0183. The molecule has 0 bridgehead atoms. The van der Waals surface area contributed by atoms with Crippen LogP contribution in [0.15, 0.2) is 30.3 Å². The lowest BCUT2D eigenvalue weighted by Crippen LogP contribution is -2.38. The number of rotatable bonds is 7. The van der Waals surface area contributed by atoms with Gasteiger partial charge in [-0.05, 0) is 18.4 Å². The lowest BCUT2D eigenvalue weighted by molar-refractivity contribution is -0.128. The Morgan fingerprint density at radius 2 is 1.90 bits per heavy atom. The van der Waals surface area contributed by atoms with Gasteiger partial charge in [0.2, 0.25) is 5.91 Å². The molecular weight excluding hydrogens is 256 g/mol. The van der Waals surface area contributed by atoms with E-state index in [9.17, 15) is 9.59 Å². The van der Waals surface area contributed by atoms with Crippen molar-refractivity contribution in [1.82, 2.24) is 10.2 Å². The third-order valence-electron chi connectivity index (χ3n) is 3.02. The van der Waals surface area contributed by atoms with Crippen LogP contribution >= 0.6 is 0 Å². The van der Waals surface area contributed by atoms with Crippen molar-refractivity contribution < 1.29 is 14.3 Å². The first-order chi connectivity index (χ1) is 9.63. The van der Waals surface area contributed by atoms with E-state index in [1.807, 2.05) is 18.2 Å². The van der Waals surface area contributed by atoms with Crippen LogP contribution in [0.25, 0.3) is 0 Å². The topological polar surface area (TPSA) is 58.6 Å². The Kier molecular flexibility index (Phi) is 7.17. The van der Waals surface area contributed by atoms with Gasteiger partial charge in [-0.3, -0.25) is 4.79 Å². The van der Waals surface area contributed by atoms with Gasteiger partial charge in [-0.2, -0.15) is 0 Å². The fraction of sp³-hybridized carbons (Fsp3) is 0.467. The summed E-state index contributed by atoms with van der Waals surface area (Å²) in [6.45, 7) is 3.13. The maximum Gasteiger partial charge on any atom is 0.406 e. The molecule has 0 saturated carbocycles. The molecule has 0 aliphatic carbocycles. The van der Waals surface area contributed by atoms with Gasteiger partial charge in [-0.25, -0.2) is 4.79 Å². The second kappa shape index (κ2) is 8.96. The smallest absolute Gasteiger partial charge is 0.406 e. The van der Waals surface area contributed by atoms with Crippen LogP contribution in [0.3, 0.4) is 0 Å². The van der Waals surface area contributed by atoms with Gasteiger partial charge in [-0.15, -0.1) is 0 Å². The van der Waals surface area contributed by atoms with E-state index in [0.29, 0.717) is 19.6 Å². The van der Waals surface area contributed by atoms with Crippen molar-refractivity contribution in [2.24, 2.45) is 0 Å². The first kappa shape index (κ1) is 16.0. The quantitative estimate of drug-likeness (QED) is 0.827. The minimum Gasteiger partial charge on any atom is -0.453 e. The summed E-state index contributed by atoms with van der Waals surface area (Å²) in [4.78, 5) is 24.2. The monoisotopic (exact) mass is 278 g/mol. The normalized spacial score (nSPS) is 9.90. The highest BCUT2D eigenvalue weighted by molar-refractivity contribution is 5.73. The molecule has 5 nitrogen and oxygen atoms in total. The zero-order valence-corrected chi connectivity index (χ0v) is 12.1. The highest BCUT2D eigenvalue weighted by Crippen LogP contribution is 2.03. The molecule has 0 aliphatic heterocycles. The summed E-state index contributed by atoms with van der Waals surface area (Å²) in [5, 5.41) is 2.57. The lowest BCUT2D eigenvalue weighted by Gasteiger charge is -2.21. The van der Waals surface area contributed by atoms with E-state index in [0.717, 1.165) is 12.8 Å². The third-order valence-corrected chi connectivity index (χ3v) is 3.02. The van der Waals surface area contributed by atoms with Crippen molar-refractivity contribution in [3.63, 3.8) is 0 Å². The van der Waals surface area contributed by atoms with Crippen LogP contribution in [0, 0.1) is 0 Å². The van der Waals surface area contributed by atoms with Crippen LogP contribution in [-0.2, 0) is 16.0 Å². The number of amides is 2. The van der Waals surface area contributed by atoms with Crippen LogP contribution in [0.4, 0.5) is 4.79 Å². The SMILES string of the molecule is COC(=O)NCCN(CCCc1ccccc1)C(C)=O. The summed E-state index contributed by atoms with van der Waals surface area (Å²) in [7, 11) is 1.32. The number of methoxy groups -OCH3 is 1. The molecular formula is C15H22N2O3. The Labute approximate surface area is 119 Å². The fourth-order valence-electron chi connectivity index (χ4n) is 1.91. The zero-order valence-electron chi connectivity index (χ0n) is 12.1. The number of carbonyl (C=O) groups excluding carboxylic acids is 2. The van der Waals surface area contributed by atoms with Gasteiger partial charge in [-0.1, -0.05) is 30.3 Å². The summed E-state index contributed by atoms with van der Waals surface area (Å²) >= 11 is 0. The second-order valence-electron chi connectivity index (χ2n) is 4.51. The minimum absolute atomic E-state index is 0.0183. The van der Waals surface area contributed by atoms with Crippen LogP contribution in [-0.4, -0.2) is 43.6 Å². The number of benzene rings is 1. The molecule has 1 aromatic rings. The Morgan fingerprint density at radius 1 is 1.20 bits per heavy atom. The molecule has 0 radical (unpaired) electrons. The highest BCUT2D eigenvalue weighted by atomic mass is 16.5. The van der Waals surface area contributed by atoms with Crippen molar-refractivity contribution in [2.45, 2.75) is 19.8 Å². The molecule has 1 aromatic carbocycles. The predicted octanol–water partition coefficient (Wildman–Crippen LogP) is 1.82. The minimum atomic E-state index is -0.474. The van der Waals surface area contributed by atoms with E-state index in [1.54, 1.807) is 11.8 Å². The molecule has 20 heavy (non-hydrogen) atoms. The molecule has 110 valence electrons. The summed E-state index contributed by atoms with van der Waals surface area (Å²) in [6.07, 6.45) is 1.37. The fourth-order valence-corrected chi connectivity index (χ4v) is 1.91. The van der Waals surface area contributed by atoms with Gasteiger partial charge in [0.05, 0.1) is 7.11 Å². The van der Waals surface area contributed by atoms with E-state index < -0.39 is 6.09 Å². The first-order valence-electron chi connectivity index (χ1n) is 6.74. The predicted molar refractivity (Wildman–Crippen MR) is 77.4 cm³/mol. The number of carbonyl (C=O) groups is 2. The third kappa shape index (κ3) is 6.22. The van der Waals surface area contributed by atoms with Crippen molar-refractivity contribution in [1.29, 1.82) is 0 Å². The number of aryl methyl sites for hydroxylation is 1. The second-order valence-corrected chi connectivity index (χ2v) is 4.51. The van der Waals surface area contributed by atoms with E-state index in [2.05, 4.69) is 22.2 Å². The Hall–Kier alpha value is -2.04. The average molecular weight is 278 g/mol. The number of alkyl carbamates (subject to hydrolysis) is 1. The summed E-state index contributed by atoms with van der Waals surface area (Å²) in [6, 6.07) is 10.2. The molecule has 0 atom stereocenters. The van der Waals surface area contributed by atoms with E-state index in [4.69, 9.17) is 0 Å². The van der Waals surface area contributed by atoms with Gasteiger partial charge >= 0.3 is 6.09 Å². The van der Waals surface area contributed by atoms with Gasteiger partial charge in [0.25, 0.3) is 0 Å². The Morgan fingerprint density at radius 3 is 2.50 bits per heavy atom. The van der Waals surface area contributed by atoms with E-state index >= 15 is 0 Å². The molecule has 0 saturated heterocycles. The molecule has 0 unspecified atom stereocenters. The summed E-state index contributed by atoms with van der Waals surface area (Å²) < 4.78 is 4.48. The molecule has 0 aromatic heterocycles. The molecule has 0 fully saturated rings. The number of nitrogens with zero attached hydrogens (tertiary/aromatic N) is 1. The van der Waals surface area contributed by atoms with E-state index in [1.165, 1.54) is 12.7 Å². The zero-order chi connectivity index (χ0) is 14.8. The van der Waals surface area contributed by atoms with Crippen LogP contribution in [0.5, 0.6) is 0 Å². The van der Waals surface area contributed by atoms with Crippen molar-refractivity contribution in [3.05, 3.63) is 35.9 Å². The van der Waals surface area contributed by atoms with Crippen molar-refractivity contribution in [3.8, 4) is 0 Å². The van der Waals surface area contributed by atoms with Crippen molar-refractivity contribution in [2.75, 3.05) is 26.7 Å². The van der Waals surface area contributed by atoms with Crippen LogP contribution in [0.1, 0.15) is 18.9 Å². The van der Waals surface area contributed by atoms with Crippen LogP contribution in [0.2, 0.25) is 0 Å². The molecule has 5 heteroatoms. The molecule has 0 spiro atoms. The number of hydrogen-bond acceptors (Lipinski definition) is 3. The Bertz CT molecular complexity index is 420. The molecule has 2 amide bonds. The molecule has 0 aliphatic rings. The van der Waals surface area contributed by atoms with Gasteiger partial charge in [0, 0.05) is 26.6 Å². The summed E-state index contributed by atoms with van der Waals surface area (Å²) in [5.41, 5.74) is 1.27. The van der Waals surface area contributed by atoms with Gasteiger partial charge < -0.3 is 15.0 Å². The lowest BCUT2D eigenvalue weighted by atomic mass is 10.1. The molecule has 0 heterocycles. The molecule has 1 N–H and O–H groups in total. The van der Waals surface area contributed by atoms with Crippen LogP contribution < -0.4 is 5.32 Å². The highest BCUT2D eigenvalue weighted by Gasteiger charge is 2.08.